The number of fused-ring (bicyclic) bond motifs is 1. The molecule has 150 valence electrons. The second-order valence-corrected chi connectivity index (χ2v) is 6.38. The van der Waals surface area contributed by atoms with Gasteiger partial charge in [0.1, 0.15) is 11.3 Å². The molecule has 3 aromatic rings. The van der Waals surface area contributed by atoms with Crippen molar-refractivity contribution in [1.82, 2.24) is 0 Å². The zero-order valence-corrected chi connectivity index (χ0v) is 16.0. The van der Waals surface area contributed by atoms with Crippen LogP contribution in [0.15, 0.2) is 62.8 Å². The molecule has 0 spiro atoms. The number of nitrogens with two attached hydrogens (primary N) is 2. The summed E-state index contributed by atoms with van der Waals surface area (Å²) >= 11 is 0. The predicted molar refractivity (Wildman–Crippen MR) is 112 cm³/mol. The summed E-state index contributed by atoms with van der Waals surface area (Å²) < 4.78 is 11.1. The van der Waals surface area contributed by atoms with Crippen LogP contribution in [0, 0.1) is 0 Å². The van der Waals surface area contributed by atoms with Crippen molar-refractivity contribution in [3.8, 4) is 5.75 Å². The molecule has 1 amide bonds. The highest BCUT2D eigenvalue weighted by molar-refractivity contribution is 6.05. The maximum Gasteiger partial charge on any atom is 0.255 e. The van der Waals surface area contributed by atoms with Crippen LogP contribution in [-0.4, -0.2) is 18.3 Å². The summed E-state index contributed by atoms with van der Waals surface area (Å²) in [6, 6.07) is 12.8. The number of ether oxygens (including phenoxy) is 1. The number of benzene rings is 2. The van der Waals surface area contributed by atoms with Gasteiger partial charge in [0.2, 0.25) is 0 Å². The topological polar surface area (TPSA) is 133 Å². The molecular formula is C21H22N4O4. The number of hydrogen-bond acceptors (Lipinski definition) is 6. The quantitative estimate of drug-likeness (QED) is 0.186. The monoisotopic (exact) mass is 394 g/mol. The van der Waals surface area contributed by atoms with E-state index in [0.717, 1.165) is 18.6 Å². The Bertz CT molecular complexity index is 1100. The zero-order chi connectivity index (χ0) is 20.8. The normalized spacial score (nSPS) is 11.4. The van der Waals surface area contributed by atoms with Crippen molar-refractivity contribution < 1.29 is 13.9 Å². The standard InChI is InChI=1S/C21H22N4O4/c1-2-3-10-28-15-7-4-13(5-8-15)21(27)24-14-6-9-18-16(11-14)17(26)12-19(29-18)20(22)25-23/h4-9,11-12H,2-3,10,23H2,1H3,(H2,22,25)(H,24,27). The first-order valence-corrected chi connectivity index (χ1v) is 9.17. The van der Waals surface area contributed by atoms with Crippen LogP contribution < -0.4 is 27.1 Å². The molecule has 3 rings (SSSR count). The summed E-state index contributed by atoms with van der Waals surface area (Å²) in [5, 5.41) is 6.39. The highest BCUT2D eigenvalue weighted by atomic mass is 16.5. The van der Waals surface area contributed by atoms with Crippen LogP contribution in [0.2, 0.25) is 0 Å². The molecule has 0 aliphatic heterocycles. The Kier molecular flexibility index (Phi) is 6.13. The van der Waals surface area contributed by atoms with Crippen LogP contribution in [0.3, 0.4) is 0 Å². The van der Waals surface area contributed by atoms with Gasteiger partial charge in [0.05, 0.1) is 12.0 Å². The molecule has 0 aliphatic rings. The molecule has 5 N–H and O–H groups in total. The van der Waals surface area contributed by atoms with Crippen LogP contribution in [0.25, 0.3) is 11.0 Å². The van der Waals surface area contributed by atoms with Crippen LogP contribution in [-0.2, 0) is 0 Å². The Morgan fingerprint density at radius 3 is 2.62 bits per heavy atom. The van der Waals surface area contributed by atoms with Gasteiger partial charge in [-0.25, -0.2) is 0 Å². The first-order valence-electron chi connectivity index (χ1n) is 9.17. The molecule has 0 bridgehead atoms. The lowest BCUT2D eigenvalue weighted by Gasteiger charge is -2.08. The second kappa shape index (κ2) is 8.92. The minimum atomic E-state index is -0.322. The Balaban J connectivity index is 1.76. The number of rotatable bonds is 7. The number of amides is 1. The lowest BCUT2D eigenvalue weighted by atomic mass is 10.1. The van der Waals surface area contributed by atoms with Crippen LogP contribution >= 0.6 is 0 Å². The average molecular weight is 394 g/mol. The van der Waals surface area contributed by atoms with Gasteiger partial charge in [-0.2, -0.15) is 5.10 Å². The van der Waals surface area contributed by atoms with E-state index in [1.165, 1.54) is 6.07 Å². The number of amidine groups is 1. The van der Waals surface area contributed by atoms with Crippen molar-refractivity contribution in [2.75, 3.05) is 11.9 Å². The third kappa shape index (κ3) is 4.73. The maximum absolute atomic E-state index is 12.5. The van der Waals surface area contributed by atoms with E-state index in [9.17, 15) is 9.59 Å². The molecule has 0 atom stereocenters. The van der Waals surface area contributed by atoms with Crippen molar-refractivity contribution in [1.29, 1.82) is 0 Å². The summed E-state index contributed by atoms with van der Waals surface area (Å²) in [4.78, 5) is 24.8. The van der Waals surface area contributed by atoms with E-state index >= 15 is 0 Å². The molecule has 1 heterocycles. The first-order chi connectivity index (χ1) is 14.0. The fourth-order valence-corrected chi connectivity index (χ4v) is 2.66. The summed E-state index contributed by atoms with van der Waals surface area (Å²) in [7, 11) is 0. The third-order valence-electron chi connectivity index (χ3n) is 4.26. The molecule has 0 fully saturated rings. The van der Waals surface area contributed by atoms with Gasteiger partial charge >= 0.3 is 0 Å². The molecule has 8 nitrogen and oxygen atoms in total. The van der Waals surface area contributed by atoms with E-state index in [-0.39, 0.29) is 22.9 Å². The van der Waals surface area contributed by atoms with Crippen molar-refractivity contribution in [2.45, 2.75) is 19.8 Å². The third-order valence-corrected chi connectivity index (χ3v) is 4.26. The second-order valence-electron chi connectivity index (χ2n) is 6.38. The molecule has 0 unspecified atom stereocenters. The van der Waals surface area contributed by atoms with Gasteiger partial charge < -0.3 is 26.0 Å². The summed E-state index contributed by atoms with van der Waals surface area (Å²) in [6.07, 6.45) is 2.03. The van der Waals surface area contributed by atoms with E-state index in [1.807, 2.05) is 0 Å². The average Bonchev–Trinajstić information content (AvgIpc) is 2.74. The van der Waals surface area contributed by atoms with Crippen LogP contribution in [0.1, 0.15) is 35.9 Å². The predicted octanol–water partition coefficient (Wildman–Crippen LogP) is 2.80. The first kappa shape index (κ1) is 19.9. The molecule has 29 heavy (non-hydrogen) atoms. The number of unbranched alkanes of at least 4 members (excludes halogenated alkanes) is 1. The van der Waals surface area contributed by atoms with E-state index < -0.39 is 0 Å². The number of nitrogens with zero attached hydrogens (tertiary/aromatic N) is 1. The highest BCUT2D eigenvalue weighted by Gasteiger charge is 2.11. The molecule has 8 heteroatoms. The van der Waals surface area contributed by atoms with E-state index in [2.05, 4.69) is 17.3 Å². The Morgan fingerprint density at radius 2 is 1.93 bits per heavy atom. The van der Waals surface area contributed by atoms with Gasteiger partial charge in [0.25, 0.3) is 5.91 Å². The minimum Gasteiger partial charge on any atom is -0.494 e. The fraction of sp³-hybridized carbons (Fsp3) is 0.190. The Morgan fingerprint density at radius 1 is 1.17 bits per heavy atom. The molecule has 1 aromatic heterocycles. The lowest BCUT2D eigenvalue weighted by Crippen LogP contribution is -2.18. The number of carbonyl (C=O) groups excluding carboxylic acids is 1. The highest BCUT2D eigenvalue weighted by Crippen LogP contribution is 2.19. The molecule has 0 radical (unpaired) electrons. The van der Waals surface area contributed by atoms with Crippen molar-refractivity contribution in [3.63, 3.8) is 0 Å². The number of nitrogens with one attached hydrogen (secondary N) is 1. The van der Waals surface area contributed by atoms with Gasteiger partial charge in [0, 0.05) is 17.3 Å². The molecule has 0 aliphatic carbocycles. The number of hydrogen-bond donors (Lipinski definition) is 3. The lowest BCUT2D eigenvalue weighted by molar-refractivity contribution is 0.102. The number of carbonyl (C=O) groups is 1. The van der Waals surface area contributed by atoms with Crippen molar-refractivity contribution in [3.05, 3.63) is 70.1 Å². The van der Waals surface area contributed by atoms with Gasteiger partial charge in [-0.3, -0.25) is 9.59 Å². The van der Waals surface area contributed by atoms with E-state index in [4.69, 9.17) is 20.7 Å². The van der Waals surface area contributed by atoms with Crippen molar-refractivity contribution in [2.24, 2.45) is 16.7 Å². The van der Waals surface area contributed by atoms with Crippen molar-refractivity contribution >= 4 is 28.4 Å². The van der Waals surface area contributed by atoms with Gasteiger partial charge in [-0.05, 0) is 48.9 Å². The summed E-state index contributed by atoms with van der Waals surface area (Å²) in [6.45, 7) is 2.74. The molecule has 0 saturated heterocycles. The summed E-state index contributed by atoms with van der Waals surface area (Å²) in [5.74, 6) is 5.54. The van der Waals surface area contributed by atoms with E-state index in [1.54, 1.807) is 42.5 Å². The SMILES string of the molecule is CCCCOc1ccc(C(=O)Nc2ccc3oc(C(N)=NN)cc(=O)c3c2)cc1. The van der Waals surface area contributed by atoms with Gasteiger partial charge in [-0.1, -0.05) is 13.3 Å². The summed E-state index contributed by atoms with van der Waals surface area (Å²) in [5.41, 5.74) is 6.51. The smallest absolute Gasteiger partial charge is 0.255 e. The Labute approximate surface area is 167 Å². The van der Waals surface area contributed by atoms with Gasteiger partial charge in [-0.15, -0.1) is 0 Å². The molecular weight excluding hydrogens is 372 g/mol. The number of anilines is 1. The van der Waals surface area contributed by atoms with E-state index in [0.29, 0.717) is 28.8 Å². The maximum atomic E-state index is 12.5. The van der Waals surface area contributed by atoms with Crippen LogP contribution in [0.5, 0.6) is 5.75 Å². The molecule has 2 aromatic carbocycles. The molecule has 0 saturated carbocycles. The minimum absolute atomic E-state index is 0.0801. The largest absolute Gasteiger partial charge is 0.494 e. The van der Waals surface area contributed by atoms with Crippen LogP contribution in [0.4, 0.5) is 5.69 Å². The zero-order valence-electron chi connectivity index (χ0n) is 16.0. The fourth-order valence-electron chi connectivity index (χ4n) is 2.66. The Hall–Kier alpha value is -3.81. The van der Waals surface area contributed by atoms with Gasteiger partial charge in [0.15, 0.2) is 17.0 Å². The number of hydrazone groups is 1.